The largest absolute Gasteiger partial charge is 0.395 e. The first-order valence-corrected chi connectivity index (χ1v) is 8.00. The number of nitriles is 1. The average Bonchev–Trinajstić information content (AvgIpc) is 2.59. The van der Waals surface area contributed by atoms with Crippen molar-refractivity contribution in [3.05, 3.63) is 52.8 Å². The lowest BCUT2D eigenvalue weighted by Gasteiger charge is -2.22. The highest BCUT2D eigenvalue weighted by Crippen LogP contribution is 2.08. The smallest absolute Gasteiger partial charge is 0.253 e. The zero-order valence-corrected chi connectivity index (χ0v) is 14.4. The molecule has 0 radical (unpaired) electrons. The molecular formula is C18H21N5O2. The fraction of sp³-hybridized carbons (Fsp3) is 0.333. The quantitative estimate of drug-likeness (QED) is 0.793. The molecule has 130 valence electrons. The normalized spacial score (nSPS) is 10.2. The SMILES string of the molecule is Cc1cc(C)nc(NCCN(CCO)C(=O)c2ccc(C#N)cc2)n1. The van der Waals surface area contributed by atoms with Crippen LogP contribution in [0.3, 0.4) is 0 Å². The molecule has 0 aliphatic carbocycles. The lowest BCUT2D eigenvalue weighted by molar-refractivity contribution is 0.0729. The van der Waals surface area contributed by atoms with Crippen LogP contribution in [-0.2, 0) is 0 Å². The molecule has 2 aromatic rings. The Morgan fingerprint density at radius 2 is 1.84 bits per heavy atom. The Labute approximate surface area is 147 Å². The molecule has 0 atom stereocenters. The van der Waals surface area contributed by atoms with Gasteiger partial charge < -0.3 is 15.3 Å². The van der Waals surface area contributed by atoms with Gasteiger partial charge in [-0.3, -0.25) is 4.79 Å². The summed E-state index contributed by atoms with van der Waals surface area (Å²) in [6.07, 6.45) is 0. The zero-order valence-electron chi connectivity index (χ0n) is 14.4. The summed E-state index contributed by atoms with van der Waals surface area (Å²) < 4.78 is 0. The number of nitrogens with one attached hydrogen (secondary N) is 1. The molecule has 0 bridgehead atoms. The van der Waals surface area contributed by atoms with Gasteiger partial charge in [0, 0.05) is 36.6 Å². The molecule has 25 heavy (non-hydrogen) atoms. The van der Waals surface area contributed by atoms with Crippen LogP contribution >= 0.6 is 0 Å². The van der Waals surface area contributed by atoms with Gasteiger partial charge in [0.1, 0.15) is 0 Å². The molecule has 1 heterocycles. The number of benzene rings is 1. The molecule has 0 fully saturated rings. The molecule has 0 unspecified atom stereocenters. The number of hydrogen-bond donors (Lipinski definition) is 2. The van der Waals surface area contributed by atoms with E-state index in [1.54, 1.807) is 29.2 Å². The minimum atomic E-state index is -0.193. The summed E-state index contributed by atoms with van der Waals surface area (Å²) in [6, 6.07) is 10.3. The van der Waals surface area contributed by atoms with Crippen molar-refractivity contribution in [1.29, 1.82) is 5.26 Å². The maximum Gasteiger partial charge on any atom is 0.253 e. The van der Waals surface area contributed by atoms with Crippen LogP contribution in [0.4, 0.5) is 5.95 Å². The maximum atomic E-state index is 12.6. The van der Waals surface area contributed by atoms with Crippen LogP contribution in [0, 0.1) is 25.2 Å². The number of carbonyl (C=O) groups excluding carboxylic acids is 1. The van der Waals surface area contributed by atoms with Crippen molar-refractivity contribution in [2.24, 2.45) is 0 Å². The van der Waals surface area contributed by atoms with Crippen molar-refractivity contribution < 1.29 is 9.90 Å². The minimum Gasteiger partial charge on any atom is -0.395 e. The second-order valence-corrected chi connectivity index (χ2v) is 5.61. The second kappa shape index (κ2) is 8.76. The number of aromatic nitrogens is 2. The Morgan fingerprint density at radius 3 is 2.40 bits per heavy atom. The van der Waals surface area contributed by atoms with Crippen molar-refractivity contribution >= 4 is 11.9 Å². The van der Waals surface area contributed by atoms with E-state index in [0.717, 1.165) is 11.4 Å². The molecule has 0 saturated heterocycles. The fourth-order valence-electron chi connectivity index (χ4n) is 2.41. The van der Waals surface area contributed by atoms with Gasteiger partial charge >= 0.3 is 0 Å². The van der Waals surface area contributed by atoms with Gasteiger partial charge in [0.15, 0.2) is 0 Å². The number of rotatable bonds is 7. The molecule has 1 aromatic carbocycles. The van der Waals surface area contributed by atoms with Gasteiger partial charge in [-0.2, -0.15) is 5.26 Å². The molecule has 7 nitrogen and oxygen atoms in total. The molecule has 0 aliphatic heterocycles. The Balaban J connectivity index is 1.99. The van der Waals surface area contributed by atoms with Crippen molar-refractivity contribution in [2.45, 2.75) is 13.8 Å². The van der Waals surface area contributed by atoms with E-state index in [2.05, 4.69) is 15.3 Å². The van der Waals surface area contributed by atoms with Gasteiger partial charge in [-0.15, -0.1) is 0 Å². The monoisotopic (exact) mass is 339 g/mol. The fourth-order valence-corrected chi connectivity index (χ4v) is 2.41. The van der Waals surface area contributed by atoms with Gasteiger partial charge in [0.25, 0.3) is 5.91 Å². The van der Waals surface area contributed by atoms with E-state index in [9.17, 15) is 9.90 Å². The number of anilines is 1. The van der Waals surface area contributed by atoms with E-state index >= 15 is 0 Å². The topological polar surface area (TPSA) is 102 Å². The molecule has 2 rings (SSSR count). The average molecular weight is 339 g/mol. The van der Waals surface area contributed by atoms with Crippen LogP contribution in [-0.4, -0.2) is 52.1 Å². The molecule has 1 aromatic heterocycles. The summed E-state index contributed by atoms with van der Waals surface area (Å²) in [7, 11) is 0. The summed E-state index contributed by atoms with van der Waals surface area (Å²) in [5.41, 5.74) is 2.72. The number of aryl methyl sites for hydroxylation is 2. The molecule has 2 N–H and O–H groups in total. The maximum absolute atomic E-state index is 12.6. The third-order valence-electron chi connectivity index (χ3n) is 3.57. The van der Waals surface area contributed by atoms with Gasteiger partial charge in [0.2, 0.25) is 5.95 Å². The second-order valence-electron chi connectivity index (χ2n) is 5.61. The van der Waals surface area contributed by atoms with Crippen molar-refractivity contribution in [1.82, 2.24) is 14.9 Å². The highest BCUT2D eigenvalue weighted by Gasteiger charge is 2.15. The standard InChI is InChI=1S/C18H21N5O2/c1-13-11-14(2)22-18(21-13)20-7-8-23(9-10-24)17(25)16-5-3-15(12-19)4-6-16/h3-6,11,24H,7-10H2,1-2H3,(H,20,21,22). The number of nitrogens with zero attached hydrogens (tertiary/aromatic N) is 4. The predicted octanol–water partition coefficient (Wildman–Crippen LogP) is 1.51. The third kappa shape index (κ3) is 5.26. The lowest BCUT2D eigenvalue weighted by Crippen LogP contribution is -2.37. The van der Waals surface area contributed by atoms with E-state index in [1.165, 1.54) is 0 Å². The Hall–Kier alpha value is -2.98. The summed E-state index contributed by atoms with van der Waals surface area (Å²) in [5.74, 6) is 0.328. The van der Waals surface area contributed by atoms with E-state index in [0.29, 0.717) is 30.2 Å². The Morgan fingerprint density at radius 1 is 1.20 bits per heavy atom. The summed E-state index contributed by atoms with van der Waals surface area (Å²) in [5, 5.41) is 21.1. The minimum absolute atomic E-state index is 0.123. The number of amides is 1. The van der Waals surface area contributed by atoms with Crippen LogP contribution in [0.2, 0.25) is 0 Å². The van der Waals surface area contributed by atoms with Crippen molar-refractivity contribution in [2.75, 3.05) is 31.6 Å². The first-order chi connectivity index (χ1) is 12.0. The number of aliphatic hydroxyl groups is 1. The third-order valence-corrected chi connectivity index (χ3v) is 3.57. The van der Waals surface area contributed by atoms with Crippen LogP contribution < -0.4 is 5.32 Å². The van der Waals surface area contributed by atoms with Crippen molar-refractivity contribution in [3.63, 3.8) is 0 Å². The highest BCUT2D eigenvalue weighted by molar-refractivity contribution is 5.94. The summed E-state index contributed by atoms with van der Waals surface area (Å²) in [4.78, 5) is 22.7. The molecule has 0 spiro atoms. The molecule has 7 heteroatoms. The van der Waals surface area contributed by atoms with Crippen LogP contribution in [0.15, 0.2) is 30.3 Å². The zero-order chi connectivity index (χ0) is 18.2. The van der Waals surface area contributed by atoms with Gasteiger partial charge in [-0.1, -0.05) is 0 Å². The summed E-state index contributed by atoms with van der Waals surface area (Å²) in [6.45, 7) is 4.76. The van der Waals surface area contributed by atoms with Crippen LogP contribution in [0.1, 0.15) is 27.3 Å². The van der Waals surface area contributed by atoms with Gasteiger partial charge in [0.05, 0.1) is 18.2 Å². The van der Waals surface area contributed by atoms with E-state index in [4.69, 9.17) is 5.26 Å². The predicted molar refractivity (Wildman–Crippen MR) is 94.1 cm³/mol. The first-order valence-electron chi connectivity index (χ1n) is 8.00. The molecular weight excluding hydrogens is 318 g/mol. The number of carbonyl (C=O) groups is 1. The van der Waals surface area contributed by atoms with E-state index < -0.39 is 0 Å². The lowest BCUT2D eigenvalue weighted by atomic mass is 10.1. The van der Waals surface area contributed by atoms with Gasteiger partial charge in [-0.25, -0.2) is 9.97 Å². The molecule has 0 saturated carbocycles. The Kier molecular flexibility index (Phi) is 6.43. The summed E-state index contributed by atoms with van der Waals surface area (Å²) >= 11 is 0. The van der Waals surface area contributed by atoms with E-state index in [-0.39, 0.29) is 19.1 Å². The molecule has 1 amide bonds. The van der Waals surface area contributed by atoms with E-state index in [1.807, 2.05) is 26.0 Å². The Bertz CT molecular complexity index is 748. The van der Waals surface area contributed by atoms with Crippen LogP contribution in [0.25, 0.3) is 0 Å². The van der Waals surface area contributed by atoms with Crippen LogP contribution in [0.5, 0.6) is 0 Å². The number of aliphatic hydroxyl groups excluding tert-OH is 1. The highest BCUT2D eigenvalue weighted by atomic mass is 16.3. The number of hydrogen-bond acceptors (Lipinski definition) is 6. The molecule has 0 aliphatic rings. The van der Waals surface area contributed by atoms with Gasteiger partial charge in [-0.05, 0) is 44.2 Å². The van der Waals surface area contributed by atoms with Crippen molar-refractivity contribution in [3.8, 4) is 6.07 Å². The first kappa shape index (κ1) is 18.4.